The summed E-state index contributed by atoms with van der Waals surface area (Å²) in [5.74, 6) is -0.735. The number of halogens is 2. The Morgan fingerprint density at radius 2 is 2.04 bits per heavy atom. The van der Waals surface area contributed by atoms with E-state index in [9.17, 15) is 12.8 Å². The topological polar surface area (TPSA) is 74.8 Å². The van der Waals surface area contributed by atoms with Crippen LogP contribution in [0.5, 0.6) is 0 Å². The summed E-state index contributed by atoms with van der Waals surface area (Å²) in [4.78, 5) is 0.700. The van der Waals surface area contributed by atoms with E-state index >= 15 is 0 Å². The highest BCUT2D eigenvalue weighted by atomic mass is 35.5. The Morgan fingerprint density at radius 3 is 2.70 bits per heavy atom. The Bertz CT molecular complexity index is 966. The van der Waals surface area contributed by atoms with E-state index in [4.69, 9.17) is 11.6 Å². The Hall–Kier alpha value is -1.90. The van der Waals surface area contributed by atoms with Crippen LogP contribution >= 0.6 is 22.9 Å². The number of aromatic nitrogens is 2. The maximum atomic E-state index is 13.7. The number of aromatic amines is 1. The van der Waals surface area contributed by atoms with Gasteiger partial charge in [-0.15, -0.1) is 11.3 Å². The molecule has 0 saturated heterocycles. The highest BCUT2D eigenvalue weighted by molar-refractivity contribution is 7.94. The van der Waals surface area contributed by atoms with E-state index in [2.05, 4.69) is 14.9 Å². The van der Waals surface area contributed by atoms with Crippen molar-refractivity contribution in [2.24, 2.45) is 0 Å². The monoisotopic (exact) mass is 371 g/mol. The van der Waals surface area contributed by atoms with Gasteiger partial charge in [0.25, 0.3) is 10.0 Å². The van der Waals surface area contributed by atoms with Crippen LogP contribution in [0.3, 0.4) is 0 Å². The predicted molar refractivity (Wildman–Crippen MR) is 88.9 cm³/mol. The average Bonchev–Trinajstić information content (AvgIpc) is 3.10. The van der Waals surface area contributed by atoms with Crippen LogP contribution in [-0.4, -0.2) is 18.6 Å². The van der Waals surface area contributed by atoms with Crippen LogP contribution < -0.4 is 4.72 Å². The number of anilines is 1. The Labute approximate surface area is 141 Å². The summed E-state index contributed by atoms with van der Waals surface area (Å²) in [5.41, 5.74) is 1.38. The summed E-state index contributed by atoms with van der Waals surface area (Å²) in [6.45, 7) is 1.85. The van der Waals surface area contributed by atoms with Gasteiger partial charge in [0.15, 0.2) is 0 Å². The van der Waals surface area contributed by atoms with Crippen molar-refractivity contribution in [1.82, 2.24) is 10.2 Å². The molecule has 0 aliphatic rings. The van der Waals surface area contributed by atoms with Crippen molar-refractivity contribution in [2.75, 3.05) is 4.72 Å². The van der Waals surface area contributed by atoms with Crippen molar-refractivity contribution in [1.29, 1.82) is 0 Å². The highest BCUT2D eigenvalue weighted by Gasteiger charge is 2.20. The smallest absolute Gasteiger partial charge is 0.271 e. The molecule has 0 atom stereocenters. The molecule has 1 aromatic carbocycles. The molecule has 3 rings (SSSR count). The number of aryl methyl sites for hydroxylation is 1. The molecule has 120 valence electrons. The Balaban J connectivity index is 1.89. The summed E-state index contributed by atoms with van der Waals surface area (Å²) in [5, 5.41) is 7.07. The van der Waals surface area contributed by atoms with Gasteiger partial charge in [-0.2, -0.15) is 5.10 Å². The minimum atomic E-state index is -3.88. The lowest BCUT2D eigenvalue weighted by molar-refractivity contribution is 0.600. The van der Waals surface area contributed by atoms with E-state index in [1.165, 1.54) is 18.2 Å². The van der Waals surface area contributed by atoms with Crippen molar-refractivity contribution in [2.45, 2.75) is 11.1 Å². The third-order valence-electron chi connectivity index (χ3n) is 2.98. The number of nitrogens with zero attached hydrogens (tertiary/aromatic N) is 1. The lowest BCUT2D eigenvalue weighted by Crippen LogP contribution is -2.12. The first-order valence-corrected chi connectivity index (χ1v) is 9.13. The lowest BCUT2D eigenvalue weighted by Gasteiger charge is -2.07. The van der Waals surface area contributed by atoms with Gasteiger partial charge in [-0.05, 0) is 43.3 Å². The third kappa shape index (κ3) is 3.39. The average molecular weight is 372 g/mol. The van der Waals surface area contributed by atoms with E-state index in [1.807, 2.05) is 13.0 Å². The summed E-state index contributed by atoms with van der Waals surface area (Å²) >= 11 is 6.71. The zero-order chi connectivity index (χ0) is 16.6. The van der Waals surface area contributed by atoms with Crippen LogP contribution in [-0.2, 0) is 10.0 Å². The predicted octanol–water partition coefficient (Wildman–Crippen LogP) is 4.04. The SMILES string of the molecule is Cc1cc(-c2ccc(S(=O)(=O)Nc3ccc(Cl)cc3F)s2)n[nH]1. The first-order chi connectivity index (χ1) is 10.8. The number of H-pyrrole nitrogens is 1. The van der Waals surface area contributed by atoms with Crippen LogP contribution in [0, 0.1) is 12.7 Å². The number of hydrogen-bond donors (Lipinski definition) is 2. The van der Waals surface area contributed by atoms with E-state index in [1.54, 1.807) is 6.07 Å². The molecule has 0 spiro atoms. The number of sulfonamides is 1. The molecule has 0 aliphatic carbocycles. The normalized spacial score (nSPS) is 11.6. The number of hydrogen-bond acceptors (Lipinski definition) is 4. The zero-order valence-electron chi connectivity index (χ0n) is 11.8. The molecular formula is C14H11ClFN3O2S2. The van der Waals surface area contributed by atoms with Gasteiger partial charge >= 0.3 is 0 Å². The van der Waals surface area contributed by atoms with Gasteiger partial charge in [-0.1, -0.05) is 11.6 Å². The van der Waals surface area contributed by atoms with Gasteiger partial charge in [0, 0.05) is 10.7 Å². The molecule has 2 N–H and O–H groups in total. The summed E-state index contributed by atoms with van der Waals surface area (Å²) < 4.78 is 40.8. The molecule has 0 unspecified atom stereocenters. The molecule has 5 nitrogen and oxygen atoms in total. The van der Waals surface area contributed by atoms with Crippen molar-refractivity contribution < 1.29 is 12.8 Å². The molecule has 0 radical (unpaired) electrons. The summed E-state index contributed by atoms with van der Waals surface area (Å²) in [6.07, 6.45) is 0. The van der Waals surface area contributed by atoms with E-state index in [0.717, 1.165) is 23.1 Å². The number of thiophene rings is 1. The number of benzene rings is 1. The van der Waals surface area contributed by atoms with Gasteiger partial charge in [-0.3, -0.25) is 9.82 Å². The van der Waals surface area contributed by atoms with Gasteiger partial charge < -0.3 is 0 Å². The van der Waals surface area contributed by atoms with E-state index < -0.39 is 15.8 Å². The molecule has 3 aromatic rings. The molecule has 2 aromatic heterocycles. The van der Waals surface area contributed by atoms with Crippen LogP contribution in [0.1, 0.15) is 5.69 Å². The zero-order valence-corrected chi connectivity index (χ0v) is 14.2. The number of nitrogens with one attached hydrogen (secondary N) is 2. The van der Waals surface area contributed by atoms with Crippen LogP contribution in [0.15, 0.2) is 40.6 Å². The maximum absolute atomic E-state index is 13.7. The molecule has 23 heavy (non-hydrogen) atoms. The Kier molecular flexibility index (Phi) is 4.13. The van der Waals surface area contributed by atoms with Gasteiger partial charge in [0.1, 0.15) is 15.7 Å². The molecule has 9 heteroatoms. The van der Waals surface area contributed by atoms with E-state index in [0.29, 0.717) is 10.6 Å². The lowest BCUT2D eigenvalue weighted by atomic mass is 10.3. The number of rotatable bonds is 4. The van der Waals surface area contributed by atoms with Crippen molar-refractivity contribution >= 4 is 38.6 Å². The fraction of sp³-hybridized carbons (Fsp3) is 0.0714. The first-order valence-electron chi connectivity index (χ1n) is 6.45. The fourth-order valence-corrected chi connectivity index (χ4v) is 4.41. The molecular weight excluding hydrogens is 361 g/mol. The van der Waals surface area contributed by atoms with Crippen molar-refractivity contribution in [3.8, 4) is 10.6 Å². The maximum Gasteiger partial charge on any atom is 0.271 e. The standard InChI is InChI=1S/C14H11ClFN3O2S2/c1-8-6-12(18-17-8)13-4-5-14(22-13)23(20,21)19-11-3-2-9(15)7-10(11)16/h2-7,19H,1H3,(H,17,18). The molecule has 0 amide bonds. The van der Waals surface area contributed by atoms with Crippen LogP contribution in [0.25, 0.3) is 10.6 Å². The van der Waals surface area contributed by atoms with Crippen molar-refractivity contribution in [3.05, 3.63) is 52.9 Å². The second-order valence-corrected chi connectivity index (χ2v) is 8.21. The molecule has 2 heterocycles. The second kappa shape index (κ2) is 5.95. The molecule has 0 fully saturated rings. The van der Waals surface area contributed by atoms with Crippen LogP contribution in [0.4, 0.5) is 10.1 Å². The minimum absolute atomic E-state index is 0.0718. The van der Waals surface area contributed by atoms with Gasteiger partial charge in [0.05, 0.1) is 10.6 Å². The third-order valence-corrected chi connectivity index (χ3v) is 6.18. The first kappa shape index (κ1) is 16.0. The summed E-state index contributed by atoms with van der Waals surface area (Å²) in [6, 6.07) is 8.67. The minimum Gasteiger partial charge on any atom is -0.282 e. The fourth-order valence-electron chi connectivity index (χ4n) is 1.91. The van der Waals surface area contributed by atoms with Gasteiger partial charge in [0.2, 0.25) is 0 Å². The van der Waals surface area contributed by atoms with Crippen molar-refractivity contribution in [3.63, 3.8) is 0 Å². The van der Waals surface area contributed by atoms with Gasteiger partial charge in [-0.25, -0.2) is 12.8 Å². The molecule has 0 aliphatic heterocycles. The largest absolute Gasteiger partial charge is 0.282 e. The highest BCUT2D eigenvalue weighted by Crippen LogP contribution is 2.31. The Morgan fingerprint density at radius 1 is 1.26 bits per heavy atom. The second-order valence-electron chi connectivity index (χ2n) is 4.78. The summed E-state index contributed by atoms with van der Waals surface area (Å²) in [7, 11) is -3.88. The molecule has 0 bridgehead atoms. The van der Waals surface area contributed by atoms with E-state index in [-0.39, 0.29) is 14.9 Å². The molecule has 0 saturated carbocycles. The quantitative estimate of drug-likeness (QED) is 0.726. The van der Waals surface area contributed by atoms with Crippen LogP contribution in [0.2, 0.25) is 5.02 Å².